The molecule has 1 fully saturated rings. The van der Waals surface area contributed by atoms with E-state index in [2.05, 4.69) is 17.1 Å². The minimum atomic E-state index is 0.264. The monoisotopic (exact) mass is 200 g/mol. The van der Waals surface area contributed by atoms with Crippen LogP contribution in [-0.2, 0) is 0 Å². The van der Waals surface area contributed by atoms with Crippen molar-refractivity contribution in [2.24, 2.45) is 0 Å². The number of nitrogens with zero attached hydrogens (tertiary/aromatic N) is 1. The lowest BCUT2D eigenvalue weighted by Crippen LogP contribution is -2.34. The van der Waals surface area contributed by atoms with Crippen LogP contribution in [0.3, 0.4) is 0 Å². The van der Waals surface area contributed by atoms with Gasteiger partial charge in [0.05, 0.1) is 6.61 Å². The molecule has 0 aromatic rings. The van der Waals surface area contributed by atoms with Crippen LogP contribution in [0.5, 0.6) is 0 Å². The van der Waals surface area contributed by atoms with Crippen LogP contribution in [0, 0.1) is 0 Å². The Hall–Kier alpha value is -0.120. The molecule has 1 atom stereocenters. The van der Waals surface area contributed by atoms with Gasteiger partial charge in [-0.1, -0.05) is 6.92 Å². The van der Waals surface area contributed by atoms with Gasteiger partial charge in [-0.15, -0.1) is 0 Å². The molecule has 1 saturated heterocycles. The molecule has 2 N–H and O–H groups in total. The highest BCUT2D eigenvalue weighted by Crippen LogP contribution is 2.06. The summed E-state index contributed by atoms with van der Waals surface area (Å²) in [4.78, 5) is 2.53. The number of nitrogens with one attached hydrogen (secondary N) is 1. The highest BCUT2D eigenvalue weighted by molar-refractivity contribution is 4.67. The summed E-state index contributed by atoms with van der Waals surface area (Å²) in [7, 11) is 0. The van der Waals surface area contributed by atoms with Crippen LogP contribution < -0.4 is 5.32 Å². The van der Waals surface area contributed by atoms with Crippen LogP contribution in [0.15, 0.2) is 0 Å². The molecule has 0 saturated carbocycles. The van der Waals surface area contributed by atoms with Crippen molar-refractivity contribution in [3.8, 4) is 0 Å². The van der Waals surface area contributed by atoms with E-state index < -0.39 is 0 Å². The number of hydrogen-bond acceptors (Lipinski definition) is 3. The number of likely N-dealkylation sites (tertiary alicyclic amines) is 1. The van der Waals surface area contributed by atoms with Gasteiger partial charge in [0.1, 0.15) is 0 Å². The summed E-state index contributed by atoms with van der Waals surface area (Å²) in [5, 5.41) is 12.3. The average molecular weight is 200 g/mol. The molecule has 1 aliphatic heterocycles. The van der Waals surface area contributed by atoms with Crippen LogP contribution in [0.1, 0.15) is 32.6 Å². The summed E-state index contributed by atoms with van der Waals surface area (Å²) in [5.41, 5.74) is 0. The van der Waals surface area contributed by atoms with E-state index in [4.69, 9.17) is 5.11 Å². The summed E-state index contributed by atoms with van der Waals surface area (Å²) in [6, 6.07) is 0.300. The number of rotatable bonds is 7. The molecule has 3 nitrogen and oxygen atoms in total. The first-order chi connectivity index (χ1) is 6.86. The zero-order valence-electron chi connectivity index (χ0n) is 9.34. The van der Waals surface area contributed by atoms with Crippen molar-refractivity contribution in [3.05, 3.63) is 0 Å². The van der Waals surface area contributed by atoms with Gasteiger partial charge in [-0.2, -0.15) is 0 Å². The Morgan fingerprint density at radius 2 is 2.07 bits per heavy atom. The Kier molecular flexibility index (Phi) is 6.15. The second kappa shape index (κ2) is 7.21. The Balaban J connectivity index is 1.92. The fourth-order valence-electron chi connectivity index (χ4n) is 1.95. The van der Waals surface area contributed by atoms with Crippen LogP contribution in [0.2, 0.25) is 0 Å². The first-order valence-electron chi connectivity index (χ1n) is 5.93. The van der Waals surface area contributed by atoms with Gasteiger partial charge in [0.15, 0.2) is 0 Å². The highest BCUT2D eigenvalue weighted by Gasteiger charge is 2.10. The zero-order valence-corrected chi connectivity index (χ0v) is 9.34. The van der Waals surface area contributed by atoms with E-state index in [1.165, 1.54) is 38.9 Å². The predicted octanol–water partition coefficient (Wildman–Crippen LogP) is 0.833. The summed E-state index contributed by atoms with van der Waals surface area (Å²) in [5.74, 6) is 0. The Morgan fingerprint density at radius 1 is 1.36 bits per heavy atom. The molecule has 0 aliphatic carbocycles. The Labute approximate surface area is 87.5 Å². The smallest absolute Gasteiger partial charge is 0.0584 e. The summed E-state index contributed by atoms with van der Waals surface area (Å²) in [6.07, 6.45) is 4.97. The number of aliphatic hydroxyl groups is 1. The topological polar surface area (TPSA) is 35.5 Å². The molecular weight excluding hydrogens is 176 g/mol. The van der Waals surface area contributed by atoms with Crippen molar-refractivity contribution in [1.82, 2.24) is 10.2 Å². The SMILES string of the molecule is CCC(CO)NCCCN1CCCC1. The van der Waals surface area contributed by atoms with Gasteiger partial charge in [0.2, 0.25) is 0 Å². The third-order valence-electron chi connectivity index (χ3n) is 3.00. The Morgan fingerprint density at radius 3 is 2.64 bits per heavy atom. The largest absolute Gasteiger partial charge is 0.395 e. The molecule has 0 amide bonds. The van der Waals surface area contributed by atoms with E-state index >= 15 is 0 Å². The fourth-order valence-corrected chi connectivity index (χ4v) is 1.95. The third-order valence-corrected chi connectivity index (χ3v) is 3.00. The van der Waals surface area contributed by atoms with E-state index in [1.54, 1.807) is 0 Å². The average Bonchev–Trinajstić information content (AvgIpc) is 2.71. The van der Waals surface area contributed by atoms with E-state index in [-0.39, 0.29) is 6.61 Å². The van der Waals surface area contributed by atoms with Crippen molar-refractivity contribution in [2.75, 3.05) is 32.8 Å². The quantitative estimate of drug-likeness (QED) is 0.598. The number of aliphatic hydroxyl groups excluding tert-OH is 1. The summed E-state index contributed by atoms with van der Waals surface area (Å²) >= 11 is 0. The predicted molar refractivity (Wildman–Crippen MR) is 59.5 cm³/mol. The molecule has 3 heteroatoms. The van der Waals surface area contributed by atoms with Gasteiger partial charge in [-0.05, 0) is 51.9 Å². The lowest BCUT2D eigenvalue weighted by atomic mass is 10.2. The van der Waals surface area contributed by atoms with Gasteiger partial charge in [0, 0.05) is 6.04 Å². The molecule has 1 unspecified atom stereocenters. The van der Waals surface area contributed by atoms with Gasteiger partial charge in [-0.3, -0.25) is 0 Å². The molecular formula is C11H24N2O. The normalized spacial score (nSPS) is 20.1. The molecule has 0 aromatic carbocycles. The van der Waals surface area contributed by atoms with Gasteiger partial charge in [-0.25, -0.2) is 0 Å². The lowest BCUT2D eigenvalue weighted by molar-refractivity contribution is 0.236. The van der Waals surface area contributed by atoms with Crippen LogP contribution in [-0.4, -0.2) is 48.8 Å². The van der Waals surface area contributed by atoms with Crippen LogP contribution in [0.25, 0.3) is 0 Å². The maximum absolute atomic E-state index is 8.96. The second-order valence-electron chi connectivity index (χ2n) is 4.14. The molecule has 0 radical (unpaired) electrons. The minimum Gasteiger partial charge on any atom is -0.395 e. The van der Waals surface area contributed by atoms with Gasteiger partial charge < -0.3 is 15.3 Å². The van der Waals surface area contributed by atoms with Crippen molar-refractivity contribution in [2.45, 2.75) is 38.6 Å². The molecule has 1 heterocycles. The molecule has 0 aromatic heterocycles. The Bertz CT molecular complexity index is 127. The van der Waals surface area contributed by atoms with Crippen molar-refractivity contribution < 1.29 is 5.11 Å². The van der Waals surface area contributed by atoms with Crippen molar-refractivity contribution in [1.29, 1.82) is 0 Å². The molecule has 1 rings (SSSR count). The first kappa shape index (κ1) is 12.0. The van der Waals surface area contributed by atoms with E-state index in [1.807, 2.05) is 0 Å². The van der Waals surface area contributed by atoms with E-state index in [0.717, 1.165) is 13.0 Å². The number of hydrogen-bond donors (Lipinski definition) is 2. The maximum Gasteiger partial charge on any atom is 0.0584 e. The molecule has 0 spiro atoms. The van der Waals surface area contributed by atoms with Crippen LogP contribution in [0.4, 0.5) is 0 Å². The van der Waals surface area contributed by atoms with Crippen molar-refractivity contribution >= 4 is 0 Å². The minimum absolute atomic E-state index is 0.264. The molecule has 0 bridgehead atoms. The standard InChI is InChI=1S/C11H24N2O/c1-2-11(10-14)12-6-5-9-13-7-3-4-8-13/h11-12,14H,2-10H2,1H3. The van der Waals surface area contributed by atoms with Gasteiger partial charge >= 0.3 is 0 Å². The molecule has 14 heavy (non-hydrogen) atoms. The third kappa shape index (κ3) is 4.40. The molecule has 1 aliphatic rings. The van der Waals surface area contributed by atoms with Crippen molar-refractivity contribution in [3.63, 3.8) is 0 Å². The lowest BCUT2D eigenvalue weighted by Gasteiger charge is -2.17. The van der Waals surface area contributed by atoms with Crippen LogP contribution >= 0.6 is 0 Å². The maximum atomic E-state index is 8.96. The highest BCUT2D eigenvalue weighted by atomic mass is 16.3. The molecule has 84 valence electrons. The van der Waals surface area contributed by atoms with E-state index in [0.29, 0.717) is 6.04 Å². The van der Waals surface area contributed by atoms with Gasteiger partial charge in [0.25, 0.3) is 0 Å². The summed E-state index contributed by atoms with van der Waals surface area (Å²) < 4.78 is 0. The zero-order chi connectivity index (χ0) is 10.2. The summed E-state index contributed by atoms with van der Waals surface area (Å²) in [6.45, 7) is 7.20. The fraction of sp³-hybridized carbons (Fsp3) is 1.00. The second-order valence-corrected chi connectivity index (χ2v) is 4.14. The first-order valence-corrected chi connectivity index (χ1v) is 5.93. The van der Waals surface area contributed by atoms with E-state index in [9.17, 15) is 0 Å².